The van der Waals surface area contributed by atoms with Gasteiger partial charge in [0.1, 0.15) is 0 Å². The van der Waals surface area contributed by atoms with Crippen molar-refractivity contribution in [2.75, 3.05) is 26.2 Å². The second kappa shape index (κ2) is 7.29. The van der Waals surface area contributed by atoms with E-state index < -0.39 is 0 Å². The maximum atomic E-state index is 3.58. The lowest BCUT2D eigenvalue weighted by Crippen LogP contribution is -2.46. The van der Waals surface area contributed by atoms with Crippen LogP contribution in [0.2, 0.25) is 0 Å². The molecule has 96 valence electrons. The molecule has 2 nitrogen and oxygen atoms in total. The molecule has 1 aliphatic rings. The summed E-state index contributed by atoms with van der Waals surface area (Å²) in [4.78, 5) is 2.69. The van der Waals surface area contributed by atoms with Gasteiger partial charge in [0, 0.05) is 19.1 Å². The van der Waals surface area contributed by atoms with Crippen molar-refractivity contribution in [3.63, 3.8) is 0 Å². The second-order valence-electron chi connectivity index (χ2n) is 5.55. The quantitative estimate of drug-likeness (QED) is 0.608. The van der Waals surface area contributed by atoms with Crippen LogP contribution in [-0.2, 0) is 0 Å². The molecule has 1 saturated carbocycles. The molecule has 2 heteroatoms. The molecule has 0 aromatic heterocycles. The average Bonchev–Trinajstić information content (AvgIpc) is 3.05. The van der Waals surface area contributed by atoms with Crippen LogP contribution in [0.3, 0.4) is 0 Å². The first kappa shape index (κ1) is 14.0. The van der Waals surface area contributed by atoms with E-state index >= 15 is 0 Å². The summed E-state index contributed by atoms with van der Waals surface area (Å²) in [6.45, 7) is 14.1. The highest BCUT2D eigenvalue weighted by Gasteiger charge is 2.28. The molecule has 0 heterocycles. The largest absolute Gasteiger partial charge is 0.315 e. The van der Waals surface area contributed by atoms with Gasteiger partial charge in [-0.1, -0.05) is 27.7 Å². The monoisotopic (exact) mass is 226 g/mol. The predicted octanol–water partition coefficient (Wildman–Crippen LogP) is 2.74. The van der Waals surface area contributed by atoms with Gasteiger partial charge in [-0.2, -0.15) is 0 Å². The van der Waals surface area contributed by atoms with E-state index in [-0.39, 0.29) is 0 Å². The summed E-state index contributed by atoms with van der Waals surface area (Å²) < 4.78 is 0. The SMILES string of the molecule is CCCNCC(C(C)C)N(CC)CC1CC1. The molecule has 1 rings (SSSR count). The minimum absolute atomic E-state index is 0.720. The maximum Gasteiger partial charge on any atom is 0.0243 e. The Morgan fingerprint density at radius 3 is 2.38 bits per heavy atom. The summed E-state index contributed by atoms with van der Waals surface area (Å²) >= 11 is 0. The van der Waals surface area contributed by atoms with Crippen molar-refractivity contribution in [3.8, 4) is 0 Å². The van der Waals surface area contributed by atoms with E-state index in [1.54, 1.807) is 0 Å². The van der Waals surface area contributed by atoms with Crippen LogP contribution < -0.4 is 5.32 Å². The predicted molar refractivity (Wildman–Crippen MR) is 71.8 cm³/mol. The van der Waals surface area contributed by atoms with Gasteiger partial charge in [0.2, 0.25) is 0 Å². The lowest BCUT2D eigenvalue weighted by molar-refractivity contribution is 0.152. The van der Waals surface area contributed by atoms with Crippen molar-refractivity contribution >= 4 is 0 Å². The zero-order chi connectivity index (χ0) is 12.0. The molecule has 1 N–H and O–H groups in total. The van der Waals surface area contributed by atoms with E-state index in [2.05, 4.69) is 37.9 Å². The number of nitrogens with zero attached hydrogens (tertiary/aromatic N) is 1. The molecule has 1 unspecified atom stereocenters. The van der Waals surface area contributed by atoms with Crippen LogP contribution in [0.1, 0.15) is 47.0 Å². The van der Waals surface area contributed by atoms with Crippen molar-refractivity contribution in [1.82, 2.24) is 10.2 Å². The van der Waals surface area contributed by atoms with Gasteiger partial charge in [-0.3, -0.25) is 4.90 Å². The van der Waals surface area contributed by atoms with Gasteiger partial charge in [-0.15, -0.1) is 0 Å². The molecular formula is C14H30N2. The smallest absolute Gasteiger partial charge is 0.0243 e. The van der Waals surface area contributed by atoms with Crippen molar-refractivity contribution in [2.45, 2.75) is 53.0 Å². The third kappa shape index (κ3) is 4.84. The zero-order valence-electron chi connectivity index (χ0n) is 11.6. The summed E-state index contributed by atoms with van der Waals surface area (Å²) in [7, 11) is 0. The molecule has 0 saturated heterocycles. The lowest BCUT2D eigenvalue weighted by atomic mass is 10.0. The van der Waals surface area contributed by atoms with Crippen LogP contribution in [-0.4, -0.2) is 37.1 Å². The highest BCUT2D eigenvalue weighted by Crippen LogP contribution is 2.30. The highest BCUT2D eigenvalue weighted by atomic mass is 15.2. The molecule has 0 bridgehead atoms. The second-order valence-corrected chi connectivity index (χ2v) is 5.55. The third-order valence-corrected chi connectivity index (χ3v) is 3.61. The van der Waals surface area contributed by atoms with Crippen LogP contribution in [0.25, 0.3) is 0 Å². The summed E-state index contributed by atoms with van der Waals surface area (Å²) in [5.74, 6) is 1.76. The minimum Gasteiger partial charge on any atom is -0.315 e. The maximum absolute atomic E-state index is 3.58. The van der Waals surface area contributed by atoms with E-state index in [1.807, 2.05) is 0 Å². The standard InChI is InChI=1S/C14H30N2/c1-5-9-15-10-14(12(3)4)16(6-2)11-13-7-8-13/h12-15H,5-11H2,1-4H3. The molecule has 0 radical (unpaired) electrons. The fourth-order valence-electron chi connectivity index (χ4n) is 2.34. The van der Waals surface area contributed by atoms with Gasteiger partial charge in [0.15, 0.2) is 0 Å². The van der Waals surface area contributed by atoms with Crippen LogP contribution in [0.15, 0.2) is 0 Å². The Labute approximate surface area is 102 Å². The molecule has 0 aliphatic heterocycles. The highest BCUT2D eigenvalue weighted by molar-refractivity contribution is 4.83. The molecule has 0 aromatic carbocycles. The Balaban J connectivity index is 2.37. The van der Waals surface area contributed by atoms with E-state index in [0.717, 1.165) is 31.0 Å². The Morgan fingerprint density at radius 1 is 1.25 bits per heavy atom. The topological polar surface area (TPSA) is 15.3 Å². The number of hydrogen-bond acceptors (Lipinski definition) is 2. The Hall–Kier alpha value is -0.0800. The molecule has 0 amide bonds. The van der Waals surface area contributed by atoms with Crippen LogP contribution in [0.4, 0.5) is 0 Å². The fraction of sp³-hybridized carbons (Fsp3) is 1.00. The summed E-state index contributed by atoms with van der Waals surface area (Å²) in [6, 6.07) is 0.720. The molecule has 16 heavy (non-hydrogen) atoms. The number of likely N-dealkylation sites (N-methyl/N-ethyl adjacent to an activating group) is 1. The lowest BCUT2D eigenvalue weighted by Gasteiger charge is -2.34. The van der Waals surface area contributed by atoms with Crippen molar-refractivity contribution in [3.05, 3.63) is 0 Å². The molecule has 1 aliphatic carbocycles. The van der Waals surface area contributed by atoms with Gasteiger partial charge in [0.05, 0.1) is 0 Å². The Morgan fingerprint density at radius 2 is 1.94 bits per heavy atom. The number of hydrogen-bond donors (Lipinski definition) is 1. The summed E-state index contributed by atoms with van der Waals surface area (Å²) in [5.41, 5.74) is 0. The molecule has 0 spiro atoms. The first-order chi connectivity index (χ1) is 7.69. The molecular weight excluding hydrogens is 196 g/mol. The van der Waals surface area contributed by atoms with Gasteiger partial charge >= 0.3 is 0 Å². The van der Waals surface area contributed by atoms with Gasteiger partial charge in [-0.05, 0) is 44.2 Å². The summed E-state index contributed by atoms with van der Waals surface area (Å²) in [6.07, 6.45) is 4.16. The van der Waals surface area contributed by atoms with Crippen molar-refractivity contribution in [2.24, 2.45) is 11.8 Å². The fourth-order valence-corrected chi connectivity index (χ4v) is 2.34. The zero-order valence-corrected chi connectivity index (χ0v) is 11.6. The number of rotatable bonds is 9. The van der Waals surface area contributed by atoms with Crippen LogP contribution in [0.5, 0.6) is 0 Å². The average molecular weight is 226 g/mol. The number of nitrogens with one attached hydrogen (secondary N) is 1. The van der Waals surface area contributed by atoms with Crippen molar-refractivity contribution < 1.29 is 0 Å². The van der Waals surface area contributed by atoms with Gasteiger partial charge in [0.25, 0.3) is 0 Å². The third-order valence-electron chi connectivity index (χ3n) is 3.61. The van der Waals surface area contributed by atoms with E-state index in [1.165, 1.54) is 32.4 Å². The molecule has 1 atom stereocenters. The first-order valence-electron chi connectivity index (χ1n) is 7.13. The molecule has 1 fully saturated rings. The normalized spacial score (nSPS) is 18.4. The molecule has 0 aromatic rings. The van der Waals surface area contributed by atoms with E-state index in [9.17, 15) is 0 Å². The van der Waals surface area contributed by atoms with Crippen LogP contribution >= 0.6 is 0 Å². The van der Waals surface area contributed by atoms with Crippen LogP contribution in [0, 0.1) is 11.8 Å². The van der Waals surface area contributed by atoms with E-state index in [4.69, 9.17) is 0 Å². The van der Waals surface area contributed by atoms with E-state index in [0.29, 0.717) is 0 Å². The van der Waals surface area contributed by atoms with Crippen molar-refractivity contribution in [1.29, 1.82) is 0 Å². The minimum atomic E-state index is 0.720. The van der Waals surface area contributed by atoms with Gasteiger partial charge in [-0.25, -0.2) is 0 Å². The Kier molecular flexibility index (Phi) is 6.37. The van der Waals surface area contributed by atoms with Gasteiger partial charge < -0.3 is 5.32 Å². The summed E-state index contributed by atoms with van der Waals surface area (Å²) in [5, 5.41) is 3.58. The first-order valence-corrected chi connectivity index (χ1v) is 7.13. The Bertz CT molecular complexity index is 176.